The predicted molar refractivity (Wildman–Crippen MR) is 114 cm³/mol. The largest absolute Gasteiger partial charge is 0.495 e. The summed E-state index contributed by atoms with van der Waals surface area (Å²) in [5.74, 6) is 0.249. The summed E-state index contributed by atoms with van der Waals surface area (Å²) in [5, 5.41) is 2.88. The smallest absolute Gasteiger partial charge is 0.255 e. The number of nitrogens with zero attached hydrogens (tertiary/aromatic N) is 1. The van der Waals surface area contributed by atoms with Crippen molar-refractivity contribution in [3.63, 3.8) is 0 Å². The number of benzene rings is 2. The first-order valence-corrected chi connectivity index (χ1v) is 11.2. The van der Waals surface area contributed by atoms with E-state index in [0.29, 0.717) is 30.1 Å². The molecule has 2 aromatic rings. The fraction of sp³-hybridized carbons (Fsp3) is 0.409. The molecule has 0 saturated carbocycles. The van der Waals surface area contributed by atoms with Gasteiger partial charge in [0.15, 0.2) is 0 Å². The van der Waals surface area contributed by atoms with Crippen LogP contribution in [0.5, 0.6) is 5.75 Å². The quantitative estimate of drug-likeness (QED) is 0.798. The van der Waals surface area contributed by atoms with Crippen LogP contribution in [0.15, 0.2) is 47.4 Å². The van der Waals surface area contributed by atoms with E-state index in [2.05, 4.69) is 26.1 Å². The number of sulfonamides is 1. The van der Waals surface area contributed by atoms with Gasteiger partial charge in [0.05, 0.1) is 17.7 Å². The second kappa shape index (κ2) is 8.16. The van der Waals surface area contributed by atoms with Gasteiger partial charge in [-0.05, 0) is 60.2 Å². The number of methoxy groups -OCH3 is 1. The number of rotatable bonds is 5. The highest BCUT2D eigenvalue weighted by atomic mass is 32.2. The summed E-state index contributed by atoms with van der Waals surface area (Å²) in [6.45, 7) is 7.39. The summed E-state index contributed by atoms with van der Waals surface area (Å²) >= 11 is 0. The Labute approximate surface area is 172 Å². The minimum absolute atomic E-state index is 0.0721. The van der Waals surface area contributed by atoms with Gasteiger partial charge in [-0.15, -0.1) is 0 Å². The lowest BCUT2D eigenvalue weighted by Crippen LogP contribution is -2.27. The average molecular weight is 417 g/mol. The van der Waals surface area contributed by atoms with Crippen molar-refractivity contribution in [2.75, 3.05) is 25.5 Å². The molecule has 6 nitrogen and oxygen atoms in total. The molecule has 1 saturated heterocycles. The van der Waals surface area contributed by atoms with Crippen molar-refractivity contribution in [3.05, 3.63) is 53.6 Å². The van der Waals surface area contributed by atoms with E-state index in [4.69, 9.17) is 4.74 Å². The van der Waals surface area contributed by atoms with Gasteiger partial charge in [0.25, 0.3) is 5.91 Å². The fourth-order valence-corrected chi connectivity index (χ4v) is 4.84. The zero-order valence-corrected chi connectivity index (χ0v) is 18.2. The maximum absolute atomic E-state index is 12.7. The van der Waals surface area contributed by atoms with Crippen LogP contribution in [0.25, 0.3) is 0 Å². The summed E-state index contributed by atoms with van der Waals surface area (Å²) in [6.07, 6.45) is 1.77. The first-order valence-electron chi connectivity index (χ1n) is 9.73. The maximum Gasteiger partial charge on any atom is 0.255 e. The number of carbonyl (C=O) groups is 1. The van der Waals surface area contributed by atoms with Crippen LogP contribution in [-0.2, 0) is 15.4 Å². The van der Waals surface area contributed by atoms with Gasteiger partial charge >= 0.3 is 0 Å². The topological polar surface area (TPSA) is 75.7 Å². The molecule has 1 aliphatic rings. The van der Waals surface area contributed by atoms with Crippen molar-refractivity contribution >= 4 is 21.6 Å². The number of hydrogen-bond donors (Lipinski definition) is 1. The van der Waals surface area contributed by atoms with Crippen molar-refractivity contribution in [2.45, 2.75) is 43.9 Å². The summed E-state index contributed by atoms with van der Waals surface area (Å²) in [5.41, 5.74) is 1.96. The third kappa shape index (κ3) is 4.62. The van der Waals surface area contributed by atoms with Gasteiger partial charge in [-0.3, -0.25) is 4.79 Å². The summed E-state index contributed by atoms with van der Waals surface area (Å²) in [6, 6.07) is 11.8. The minimum Gasteiger partial charge on any atom is -0.495 e. The van der Waals surface area contributed by atoms with Gasteiger partial charge < -0.3 is 10.1 Å². The molecule has 0 unspecified atom stereocenters. The Kier molecular flexibility index (Phi) is 6.00. The molecule has 156 valence electrons. The molecule has 0 atom stereocenters. The lowest BCUT2D eigenvalue weighted by atomic mass is 9.87. The lowest BCUT2D eigenvalue weighted by molar-refractivity contribution is 0.102. The van der Waals surface area contributed by atoms with Crippen molar-refractivity contribution < 1.29 is 17.9 Å². The van der Waals surface area contributed by atoms with Crippen LogP contribution in [0.4, 0.5) is 5.69 Å². The number of ether oxygens (including phenoxy) is 1. The number of nitrogens with one attached hydrogen (secondary N) is 1. The number of anilines is 1. The van der Waals surface area contributed by atoms with Gasteiger partial charge in [-0.1, -0.05) is 26.8 Å². The van der Waals surface area contributed by atoms with Gasteiger partial charge in [0.2, 0.25) is 10.0 Å². The Morgan fingerprint density at radius 3 is 2.21 bits per heavy atom. The van der Waals surface area contributed by atoms with E-state index in [1.807, 2.05) is 18.2 Å². The molecule has 7 heteroatoms. The average Bonchev–Trinajstić information content (AvgIpc) is 3.23. The standard InChI is InChI=1S/C22H28N2O4S/c1-22(2,3)17-9-12-20(28-4)19(15-17)23-21(25)16-7-10-18(11-8-16)29(26,27)24-13-5-6-14-24/h7-12,15H,5-6,13-14H2,1-4H3,(H,23,25). The van der Waals surface area contributed by atoms with E-state index in [1.165, 1.54) is 16.4 Å². The fourth-order valence-electron chi connectivity index (χ4n) is 3.32. The van der Waals surface area contributed by atoms with Crippen molar-refractivity contribution in [2.24, 2.45) is 0 Å². The van der Waals surface area contributed by atoms with Crippen LogP contribution >= 0.6 is 0 Å². The highest BCUT2D eigenvalue weighted by Crippen LogP contribution is 2.32. The number of amides is 1. The summed E-state index contributed by atoms with van der Waals surface area (Å²) < 4.78 is 32.1. The molecule has 29 heavy (non-hydrogen) atoms. The first-order chi connectivity index (χ1) is 13.6. The Balaban J connectivity index is 1.81. The molecule has 1 heterocycles. The van der Waals surface area contributed by atoms with E-state index in [1.54, 1.807) is 19.2 Å². The predicted octanol–water partition coefficient (Wildman–Crippen LogP) is 4.03. The first kappa shape index (κ1) is 21.3. The zero-order chi connectivity index (χ0) is 21.2. The normalized spacial score (nSPS) is 15.3. The molecular weight excluding hydrogens is 388 g/mol. The second-order valence-corrected chi connectivity index (χ2v) is 10.2. The highest BCUT2D eigenvalue weighted by molar-refractivity contribution is 7.89. The molecule has 0 aliphatic carbocycles. The van der Waals surface area contributed by atoms with Gasteiger partial charge in [0, 0.05) is 18.7 Å². The van der Waals surface area contributed by atoms with Crippen LogP contribution in [0.1, 0.15) is 49.5 Å². The zero-order valence-electron chi connectivity index (χ0n) is 17.4. The second-order valence-electron chi connectivity index (χ2n) is 8.25. The van der Waals surface area contributed by atoms with Crippen molar-refractivity contribution in [1.82, 2.24) is 4.31 Å². The molecule has 1 fully saturated rings. The molecule has 3 rings (SSSR count). The molecule has 0 radical (unpaired) electrons. The molecule has 0 aromatic heterocycles. The van der Waals surface area contributed by atoms with Crippen molar-refractivity contribution in [1.29, 1.82) is 0 Å². The van der Waals surface area contributed by atoms with Gasteiger partial charge in [-0.2, -0.15) is 4.31 Å². The Morgan fingerprint density at radius 2 is 1.66 bits per heavy atom. The summed E-state index contributed by atoms with van der Waals surface area (Å²) in [7, 11) is -1.94. The molecule has 2 aromatic carbocycles. The molecule has 1 aliphatic heterocycles. The van der Waals surface area contributed by atoms with Crippen LogP contribution in [0, 0.1) is 0 Å². The van der Waals surface area contributed by atoms with Crippen molar-refractivity contribution in [3.8, 4) is 5.75 Å². The lowest BCUT2D eigenvalue weighted by Gasteiger charge is -2.21. The van der Waals surface area contributed by atoms with E-state index in [9.17, 15) is 13.2 Å². The maximum atomic E-state index is 12.7. The van der Waals surface area contributed by atoms with Gasteiger partial charge in [-0.25, -0.2) is 8.42 Å². The Hall–Kier alpha value is -2.38. The van der Waals surface area contributed by atoms with Crippen LogP contribution in [0.2, 0.25) is 0 Å². The van der Waals surface area contributed by atoms with Crippen LogP contribution in [-0.4, -0.2) is 38.8 Å². The number of hydrogen-bond acceptors (Lipinski definition) is 4. The number of carbonyl (C=O) groups excluding carboxylic acids is 1. The van der Waals surface area contributed by atoms with E-state index in [0.717, 1.165) is 18.4 Å². The third-order valence-corrected chi connectivity index (χ3v) is 7.05. The van der Waals surface area contributed by atoms with E-state index < -0.39 is 10.0 Å². The van der Waals surface area contributed by atoms with E-state index >= 15 is 0 Å². The minimum atomic E-state index is -3.49. The molecular formula is C22H28N2O4S. The Morgan fingerprint density at radius 1 is 1.03 bits per heavy atom. The Bertz CT molecular complexity index is 986. The molecule has 0 bridgehead atoms. The van der Waals surface area contributed by atoms with Crippen LogP contribution < -0.4 is 10.1 Å². The summed E-state index contributed by atoms with van der Waals surface area (Å²) in [4.78, 5) is 12.9. The third-order valence-electron chi connectivity index (χ3n) is 5.13. The SMILES string of the molecule is COc1ccc(C(C)(C)C)cc1NC(=O)c1ccc(S(=O)(=O)N2CCCC2)cc1. The van der Waals surface area contributed by atoms with Crippen LogP contribution in [0.3, 0.4) is 0 Å². The highest BCUT2D eigenvalue weighted by Gasteiger charge is 2.27. The molecule has 1 N–H and O–H groups in total. The van der Waals surface area contributed by atoms with Gasteiger partial charge in [0.1, 0.15) is 5.75 Å². The molecule has 0 spiro atoms. The monoisotopic (exact) mass is 416 g/mol. The molecule has 1 amide bonds. The van der Waals surface area contributed by atoms with E-state index in [-0.39, 0.29) is 16.2 Å².